The number of benzene rings is 5. The van der Waals surface area contributed by atoms with Gasteiger partial charge in [-0.3, -0.25) is 19.2 Å². The van der Waals surface area contributed by atoms with Crippen molar-refractivity contribution in [1.82, 2.24) is 5.32 Å². The number of methoxy groups -OCH3 is 1. The minimum Gasteiger partial charge on any atom is -0.465 e. The zero-order valence-electron chi connectivity index (χ0n) is 30.6. The summed E-state index contributed by atoms with van der Waals surface area (Å²) in [4.78, 5) is 68.4. The van der Waals surface area contributed by atoms with Crippen molar-refractivity contribution in [2.45, 2.75) is 17.1 Å². The van der Waals surface area contributed by atoms with Crippen molar-refractivity contribution in [3.05, 3.63) is 182 Å². The van der Waals surface area contributed by atoms with Crippen LogP contribution in [0.15, 0.2) is 155 Å². The van der Waals surface area contributed by atoms with Gasteiger partial charge < -0.3 is 26.0 Å². The molecule has 57 heavy (non-hydrogen) atoms. The van der Waals surface area contributed by atoms with Crippen molar-refractivity contribution in [2.75, 3.05) is 23.1 Å². The van der Waals surface area contributed by atoms with Crippen molar-refractivity contribution in [2.24, 2.45) is 0 Å². The average Bonchev–Trinajstić information content (AvgIpc) is 3.55. The highest BCUT2D eigenvalue weighted by Gasteiger charge is 2.30. The monoisotopic (exact) mass is 858 g/mol. The van der Waals surface area contributed by atoms with Crippen molar-refractivity contribution in [3.8, 4) is 0 Å². The molecule has 0 aliphatic heterocycles. The normalized spacial score (nSPS) is 11.5. The molecule has 0 saturated carbocycles. The first-order chi connectivity index (χ1) is 27.6. The van der Waals surface area contributed by atoms with Gasteiger partial charge in [0.15, 0.2) is 0 Å². The third-order valence-corrected chi connectivity index (χ3v) is 11.3. The van der Waals surface area contributed by atoms with E-state index in [1.54, 1.807) is 91.9 Å². The van der Waals surface area contributed by atoms with E-state index in [9.17, 15) is 24.0 Å². The lowest BCUT2D eigenvalue weighted by atomic mass is 10.1. The first kappa shape index (κ1) is 40.4. The second-order valence-corrected chi connectivity index (χ2v) is 15.5. The molecule has 0 bridgehead atoms. The Bertz CT molecular complexity index is 2460. The lowest BCUT2D eigenvalue weighted by molar-refractivity contribution is -0.116. The average molecular weight is 860 g/mol. The number of hydrogen-bond acceptors (Lipinski definition) is 8. The number of para-hydroxylation sites is 1. The molecule has 0 radical (unpaired) electrons. The van der Waals surface area contributed by atoms with E-state index < -0.39 is 34.8 Å². The zero-order valence-corrected chi connectivity index (χ0v) is 33.8. The lowest BCUT2D eigenvalue weighted by Gasteiger charge is -2.18. The summed E-state index contributed by atoms with van der Waals surface area (Å²) in [6, 6.07) is 40.9. The highest BCUT2D eigenvalue weighted by Crippen LogP contribution is 2.40. The van der Waals surface area contributed by atoms with Gasteiger partial charge in [0, 0.05) is 26.3 Å². The van der Waals surface area contributed by atoms with Crippen LogP contribution in [0.3, 0.4) is 0 Å². The van der Waals surface area contributed by atoms with Crippen LogP contribution in [-0.4, -0.2) is 36.7 Å². The Morgan fingerprint density at radius 3 is 2.05 bits per heavy atom. The summed E-state index contributed by atoms with van der Waals surface area (Å²) in [6.45, 7) is 1.63. The molecule has 6 aromatic rings. The van der Waals surface area contributed by atoms with Gasteiger partial charge in [-0.25, -0.2) is 4.79 Å². The van der Waals surface area contributed by atoms with E-state index >= 15 is 0 Å². The number of thioether (sulfide) groups is 1. The van der Waals surface area contributed by atoms with Crippen LogP contribution in [0, 0.1) is 6.92 Å². The Kier molecular flexibility index (Phi) is 13.5. The molecule has 286 valence electrons. The summed E-state index contributed by atoms with van der Waals surface area (Å²) in [6.07, 6.45) is 1.58. The molecule has 1 heterocycles. The van der Waals surface area contributed by atoms with Crippen molar-refractivity contribution >= 4 is 91.1 Å². The highest BCUT2D eigenvalue weighted by atomic mass is 79.9. The molecule has 4 amide bonds. The Morgan fingerprint density at radius 2 is 1.37 bits per heavy atom. The van der Waals surface area contributed by atoms with Crippen LogP contribution in [0.25, 0.3) is 6.08 Å². The molecule has 13 heteroatoms. The van der Waals surface area contributed by atoms with Gasteiger partial charge in [0.05, 0.1) is 17.6 Å². The van der Waals surface area contributed by atoms with E-state index in [2.05, 4.69) is 37.2 Å². The molecule has 0 spiro atoms. The van der Waals surface area contributed by atoms with E-state index in [-0.39, 0.29) is 21.1 Å². The van der Waals surface area contributed by atoms with Gasteiger partial charge in [0.25, 0.3) is 17.7 Å². The molecule has 1 unspecified atom stereocenters. The molecular weight excluding hydrogens is 825 g/mol. The molecule has 0 fully saturated rings. The fourth-order valence-electron chi connectivity index (χ4n) is 5.64. The fraction of sp³-hybridized carbons (Fsp3) is 0.0682. The molecule has 1 aromatic heterocycles. The number of halogens is 1. The molecule has 1 atom stereocenters. The van der Waals surface area contributed by atoms with Crippen LogP contribution in [0.1, 0.15) is 52.3 Å². The predicted octanol–water partition coefficient (Wildman–Crippen LogP) is 9.74. The van der Waals surface area contributed by atoms with E-state index in [0.717, 1.165) is 15.8 Å². The molecule has 6 rings (SSSR count). The maximum atomic E-state index is 14.2. The summed E-state index contributed by atoms with van der Waals surface area (Å²) in [7, 11) is 1.24. The zero-order chi connectivity index (χ0) is 40.3. The molecule has 0 aliphatic carbocycles. The van der Waals surface area contributed by atoms with Crippen LogP contribution < -0.4 is 21.3 Å². The topological polar surface area (TPSA) is 143 Å². The number of carbonyl (C=O) groups is 5. The number of thiophene rings is 1. The number of hydrogen-bond donors (Lipinski definition) is 4. The SMILES string of the molecule is COC(=O)c1c(NC(=O)C(Sc2cccc(NC(=O)/C(=C\c3cccc(Br)c3)NC(=O)c3ccccc3)c2)c2ccccc2)sc(C(=O)Nc2ccccc2)c1C. The van der Waals surface area contributed by atoms with Gasteiger partial charge in [-0.05, 0) is 84.3 Å². The van der Waals surface area contributed by atoms with Gasteiger partial charge in [-0.15, -0.1) is 23.1 Å². The second kappa shape index (κ2) is 19.0. The Balaban J connectivity index is 1.25. The summed E-state index contributed by atoms with van der Waals surface area (Å²) in [5.41, 5.74) is 3.22. The Morgan fingerprint density at radius 1 is 0.719 bits per heavy atom. The van der Waals surface area contributed by atoms with Crippen LogP contribution in [-0.2, 0) is 14.3 Å². The van der Waals surface area contributed by atoms with Crippen LogP contribution in [0.4, 0.5) is 16.4 Å². The van der Waals surface area contributed by atoms with Gasteiger partial charge in [-0.1, -0.05) is 101 Å². The molecule has 0 saturated heterocycles. The third kappa shape index (κ3) is 10.5. The van der Waals surface area contributed by atoms with Gasteiger partial charge in [-0.2, -0.15) is 0 Å². The molecule has 0 aliphatic rings. The highest BCUT2D eigenvalue weighted by molar-refractivity contribution is 9.10. The summed E-state index contributed by atoms with van der Waals surface area (Å²) in [5, 5.41) is 10.7. The van der Waals surface area contributed by atoms with E-state index in [4.69, 9.17) is 4.74 Å². The van der Waals surface area contributed by atoms with Gasteiger partial charge in [0.1, 0.15) is 15.9 Å². The summed E-state index contributed by atoms with van der Waals surface area (Å²) < 4.78 is 5.85. The number of anilines is 3. The predicted molar refractivity (Wildman–Crippen MR) is 230 cm³/mol. The van der Waals surface area contributed by atoms with Gasteiger partial charge >= 0.3 is 5.97 Å². The number of rotatable bonds is 13. The first-order valence-electron chi connectivity index (χ1n) is 17.4. The van der Waals surface area contributed by atoms with E-state index in [0.29, 0.717) is 38.5 Å². The summed E-state index contributed by atoms with van der Waals surface area (Å²) in [5.74, 6) is -2.60. The third-order valence-electron chi connectivity index (χ3n) is 8.39. The van der Waals surface area contributed by atoms with Crippen LogP contribution in [0.2, 0.25) is 0 Å². The first-order valence-corrected chi connectivity index (χ1v) is 19.9. The van der Waals surface area contributed by atoms with Crippen molar-refractivity contribution in [1.29, 1.82) is 0 Å². The second-order valence-electron chi connectivity index (χ2n) is 12.4. The number of carbonyl (C=O) groups excluding carboxylic acids is 5. The maximum Gasteiger partial charge on any atom is 0.341 e. The van der Waals surface area contributed by atoms with E-state index in [1.807, 2.05) is 60.7 Å². The number of amides is 4. The van der Waals surface area contributed by atoms with Crippen molar-refractivity contribution in [3.63, 3.8) is 0 Å². The Labute approximate surface area is 345 Å². The largest absolute Gasteiger partial charge is 0.465 e. The molecule has 5 aromatic carbocycles. The fourth-order valence-corrected chi connectivity index (χ4v) is 8.23. The van der Waals surface area contributed by atoms with Crippen LogP contribution in [0.5, 0.6) is 0 Å². The molecule has 10 nitrogen and oxygen atoms in total. The van der Waals surface area contributed by atoms with Crippen LogP contribution >= 0.6 is 39.0 Å². The Hall–Kier alpha value is -6.28. The molecular formula is C44H35BrN4O6S2. The lowest BCUT2D eigenvalue weighted by Crippen LogP contribution is -2.30. The van der Waals surface area contributed by atoms with Gasteiger partial charge in [0.2, 0.25) is 5.91 Å². The molecule has 4 N–H and O–H groups in total. The standard InChI is InChI=1S/C44H35BrN4O6S2/c1-27-36(44(54)55-2)43(57-37(27)41(52)46-32-20-10-5-11-21-32)49-42(53)38(29-15-6-3-7-16-29)56-34-23-13-22-33(26-34)47-40(51)35(25-28-14-12-19-31(45)24-28)48-39(50)30-17-8-4-9-18-30/h3-26,38H,1-2H3,(H,46,52)(H,47,51)(H,48,50)(H,49,53)/b35-25+. The quantitative estimate of drug-likeness (QED) is 0.0515. The number of ether oxygens (including phenoxy) is 1. The van der Waals surface area contributed by atoms with Crippen molar-refractivity contribution < 1.29 is 28.7 Å². The van der Waals surface area contributed by atoms with E-state index in [1.165, 1.54) is 18.9 Å². The smallest absolute Gasteiger partial charge is 0.341 e. The summed E-state index contributed by atoms with van der Waals surface area (Å²) >= 11 is 5.66. The number of esters is 1. The minimum atomic E-state index is -0.830. The number of nitrogens with one attached hydrogen (secondary N) is 4. The minimum absolute atomic E-state index is 0.0195. The maximum absolute atomic E-state index is 14.2.